The molecule has 0 heterocycles. The average Bonchev–Trinajstić information content (AvgIpc) is 1.84. The molecule has 0 unspecified atom stereocenters. The third kappa shape index (κ3) is 4.77. The van der Waals surface area contributed by atoms with Crippen molar-refractivity contribution < 1.29 is 9.53 Å². The van der Waals surface area contributed by atoms with Crippen LogP contribution in [0, 0.1) is 0 Å². The summed E-state index contributed by atoms with van der Waals surface area (Å²) in [7, 11) is 0. The summed E-state index contributed by atoms with van der Waals surface area (Å²) in [6.45, 7) is 11.6. The Balaban J connectivity index is 3.97. The number of carbonyl (C=O) groups is 1. The van der Waals surface area contributed by atoms with Crippen molar-refractivity contribution in [2.45, 2.75) is 33.2 Å². The Kier molecular flexibility index (Phi) is 3.80. The number of carbonyl (C=O) groups excluding carboxylic acids is 1. The topological polar surface area (TPSA) is 38.3 Å². The fourth-order valence-electron chi connectivity index (χ4n) is 0.722. The van der Waals surface area contributed by atoms with Gasteiger partial charge in [0, 0.05) is 5.54 Å². The van der Waals surface area contributed by atoms with Crippen LogP contribution in [-0.2, 0) is 9.53 Å². The van der Waals surface area contributed by atoms with Gasteiger partial charge in [-0.15, -0.1) is 0 Å². The Bertz CT molecular complexity index is 179. The maximum absolute atomic E-state index is 11.0. The van der Waals surface area contributed by atoms with Crippen LogP contribution in [0.4, 0.5) is 0 Å². The zero-order chi connectivity index (χ0) is 9.78. The van der Waals surface area contributed by atoms with Crippen molar-refractivity contribution >= 4 is 5.97 Å². The lowest BCUT2D eigenvalue weighted by Gasteiger charge is -2.22. The highest BCUT2D eigenvalue weighted by molar-refractivity contribution is 5.87. The van der Waals surface area contributed by atoms with Crippen LogP contribution in [0.15, 0.2) is 12.3 Å². The molecule has 0 saturated heterocycles. The van der Waals surface area contributed by atoms with Gasteiger partial charge < -0.3 is 10.1 Å². The number of ether oxygens (including phenoxy) is 1. The second-order valence-corrected chi connectivity index (χ2v) is 3.57. The summed E-state index contributed by atoms with van der Waals surface area (Å²) in [6, 6.07) is 0. The first-order valence-corrected chi connectivity index (χ1v) is 4.01. The molecule has 0 saturated carbocycles. The number of hydrogen-bond acceptors (Lipinski definition) is 3. The zero-order valence-electron chi connectivity index (χ0n) is 8.23. The monoisotopic (exact) mass is 171 g/mol. The third-order valence-corrected chi connectivity index (χ3v) is 1.05. The van der Waals surface area contributed by atoms with E-state index in [4.69, 9.17) is 4.74 Å². The van der Waals surface area contributed by atoms with E-state index < -0.39 is 0 Å². The fraction of sp³-hybridized carbons (Fsp3) is 0.667. The van der Waals surface area contributed by atoms with Crippen LogP contribution in [0.2, 0.25) is 0 Å². The molecule has 0 aromatic carbocycles. The lowest BCUT2D eigenvalue weighted by Crippen LogP contribution is -2.37. The quantitative estimate of drug-likeness (QED) is 0.516. The Hall–Kier alpha value is -0.990. The van der Waals surface area contributed by atoms with Crippen molar-refractivity contribution in [1.82, 2.24) is 5.32 Å². The summed E-state index contributed by atoms with van der Waals surface area (Å²) in [5, 5.41) is 2.93. The van der Waals surface area contributed by atoms with E-state index in [1.165, 1.54) is 0 Å². The van der Waals surface area contributed by atoms with E-state index in [0.717, 1.165) is 0 Å². The molecule has 0 radical (unpaired) electrons. The predicted molar refractivity (Wildman–Crippen MR) is 48.7 cm³/mol. The second kappa shape index (κ2) is 4.14. The zero-order valence-corrected chi connectivity index (χ0v) is 8.23. The minimum Gasteiger partial charge on any atom is -0.461 e. The molecule has 1 N–H and O–H groups in total. The predicted octanol–water partition coefficient (Wildman–Crippen LogP) is 1.45. The van der Waals surface area contributed by atoms with E-state index in [1.807, 2.05) is 20.8 Å². The summed E-state index contributed by atoms with van der Waals surface area (Å²) in [5.74, 6) is -0.382. The fourth-order valence-corrected chi connectivity index (χ4v) is 0.722. The lowest BCUT2D eigenvalue weighted by molar-refractivity contribution is -0.139. The molecule has 0 atom stereocenters. The van der Waals surface area contributed by atoms with Gasteiger partial charge >= 0.3 is 5.97 Å². The molecule has 0 fully saturated rings. The molecule has 0 aliphatic heterocycles. The molecular formula is C9H17NO2. The van der Waals surface area contributed by atoms with Crippen LogP contribution < -0.4 is 5.32 Å². The van der Waals surface area contributed by atoms with Crippen molar-refractivity contribution in [1.29, 1.82) is 0 Å². The highest BCUT2D eigenvalue weighted by atomic mass is 16.5. The minimum absolute atomic E-state index is 0.149. The minimum atomic E-state index is -0.382. The maximum Gasteiger partial charge on any atom is 0.353 e. The van der Waals surface area contributed by atoms with Crippen molar-refractivity contribution in [3.63, 3.8) is 0 Å². The maximum atomic E-state index is 11.0. The molecule has 0 aromatic rings. The highest BCUT2D eigenvalue weighted by Crippen LogP contribution is 2.03. The number of rotatable bonds is 3. The van der Waals surface area contributed by atoms with Crippen molar-refractivity contribution in [2.24, 2.45) is 0 Å². The molecule has 12 heavy (non-hydrogen) atoms. The van der Waals surface area contributed by atoms with Gasteiger partial charge in [-0.3, -0.25) is 0 Å². The molecule has 70 valence electrons. The summed E-state index contributed by atoms with van der Waals surface area (Å²) in [5.41, 5.74) is 0.161. The molecule has 0 spiro atoms. The van der Waals surface area contributed by atoms with Crippen LogP contribution in [0.5, 0.6) is 0 Å². The van der Waals surface area contributed by atoms with Gasteiger partial charge in [0.1, 0.15) is 5.70 Å². The molecule has 3 nitrogen and oxygen atoms in total. The lowest BCUT2D eigenvalue weighted by atomic mass is 10.1. The Labute approximate surface area is 73.8 Å². The largest absolute Gasteiger partial charge is 0.461 e. The van der Waals surface area contributed by atoms with Gasteiger partial charge in [0.25, 0.3) is 0 Å². The Morgan fingerprint density at radius 2 is 2.00 bits per heavy atom. The summed E-state index contributed by atoms with van der Waals surface area (Å²) >= 11 is 0. The summed E-state index contributed by atoms with van der Waals surface area (Å²) in [4.78, 5) is 11.0. The second-order valence-electron chi connectivity index (χ2n) is 3.57. The first-order valence-electron chi connectivity index (χ1n) is 4.01. The van der Waals surface area contributed by atoms with E-state index in [2.05, 4.69) is 11.9 Å². The smallest absolute Gasteiger partial charge is 0.353 e. The highest BCUT2D eigenvalue weighted by Gasteiger charge is 2.15. The Morgan fingerprint density at radius 1 is 1.50 bits per heavy atom. The van der Waals surface area contributed by atoms with Gasteiger partial charge in [0.05, 0.1) is 6.61 Å². The van der Waals surface area contributed by atoms with E-state index in [1.54, 1.807) is 6.92 Å². The molecule has 0 aliphatic rings. The summed E-state index contributed by atoms with van der Waals surface area (Å²) in [6.07, 6.45) is 0. The molecule has 0 aliphatic carbocycles. The van der Waals surface area contributed by atoms with E-state index in [9.17, 15) is 4.79 Å². The van der Waals surface area contributed by atoms with Crippen molar-refractivity contribution in [3.8, 4) is 0 Å². The third-order valence-electron chi connectivity index (χ3n) is 1.05. The molecule has 3 heteroatoms. The van der Waals surface area contributed by atoms with E-state index in [0.29, 0.717) is 12.3 Å². The number of esters is 1. The molecule has 0 bridgehead atoms. The van der Waals surface area contributed by atoms with E-state index in [-0.39, 0.29) is 11.5 Å². The van der Waals surface area contributed by atoms with Gasteiger partial charge in [-0.1, -0.05) is 6.58 Å². The number of hydrogen-bond donors (Lipinski definition) is 1. The first kappa shape index (κ1) is 11.0. The van der Waals surface area contributed by atoms with E-state index >= 15 is 0 Å². The number of nitrogens with one attached hydrogen (secondary N) is 1. The van der Waals surface area contributed by atoms with Crippen LogP contribution in [-0.4, -0.2) is 18.1 Å². The SMILES string of the molecule is C=C(NC(C)(C)C)C(=O)OCC. The van der Waals surface area contributed by atoms with Crippen LogP contribution in [0.25, 0.3) is 0 Å². The van der Waals surface area contributed by atoms with Gasteiger partial charge in [0.15, 0.2) is 0 Å². The molecule has 0 aromatic heterocycles. The van der Waals surface area contributed by atoms with Gasteiger partial charge in [-0.25, -0.2) is 4.79 Å². The van der Waals surface area contributed by atoms with Crippen molar-refractivity contribution in [3.05, 3.63) is 12.3 Å². The van der Waals surface area contributed by atoms with Gasteiger partial charge in [-0.2, -0.15) is 0 Å². The van der Waals surface area contributed by atoms with Gasteiger partial charge in [-0.05, 0) is 27.7 Å². The van der Waals surface area contributed by atoms with Gasteiger partial charge in [0.2, 0.25) is 0 Å². The molecule has 0 rings (SSSR count). The molecule has 0 amide bonds. The normalized spacial score (nSPS) is 10.7. The standard InChI is InChI=1S/C9H17NO2/c1-6-12-8(11)7(2)10-9(3,4)5/h10H,2,6H2,1,3-5H3. The van der Waals surface area contributed by atoms with Crippen molar-refractivity contribution in [2.75, 3.05) is 6.61 Å². The Morgan fingerprint density at radius 3 is 2.33 bits per heavy atom. The van der Waals surface area contributed by atoms with Crippen LogP contribution >= 0.6 is 0 Å². The molecular weight excluding hydrogens is 154 g/mol. The van der Waals surface area contributed by atoms with Crippen LogP contribution in [0.3, 0.4) is 0 Å². The summed E-state index contributed by atoms with van der Waals surface area (Å²) < 4.78 is 4.75. The van der Waals surface area contributed by atoms with Crippen LogP contribution in [0.1, 0.15) is 27.7 Å². The first-order chi connectivity index (χ1) is 5.37. The average molecular weight is 171 g/mol.